The highest BCUT2D eigenvalue weighted by Crippen LogP contribution is 2.17. The molecule has 1 aliphatic heterocycles. The van der Waals surface area contributed by atoms with Crippen molar-refractivity contribution in [1.29, 1.82) is 0 Å². The number of carbonyl (C=O) groups excluding carboxylic acids is 1. The van der Waals surface area contributed by atoms with Gasteiger partial charge in [0.15, 0.2) is 0 Å². The van der Waals surface area contributed by atoms with Gasteiger partial charge in [-0.2, -0.15) is 5.10 Å². The summed E-state index contributed by atoms with van der Waals surface area (Å²) in [6.45, 7) is 0.238. The third-order valence-electron chi connectivity index (χ3n) is 2.92. The van der Waals surface area contributed by atoms with Gasteiger partial charge in [0.1, 0.15) is 6.04 Å². The molecule has 0 bridgehead atoms. The average Bonchev–Trinajstić information content (AvgIpc) is 2.85. The number of nitrogens with two attached hydrogens (primary N) is 1. The summed E-state index contributed by atoms with van der Waals surface area (Å²) in [5.41, 5.74) is 6.43. The summed E-state index contributed by atoms with van der Waals surface area (Å²) < 4.78 is 1.57. The Labute approximate surface area is 98.4 Å². The van der Waals surface area contributed by atoms with Crippen molar-refractivity contribution in [2.45, 2.75) is 18.2 Å². The summed E-state index contributed by atoms with van der Waals surface area (Å²) in [5.74, 6) is -0.311. The molecule has 3 atom stereocenters. The smallest absolute Gasteiger partial charge is 0.244 e. The molecule has 1 unspecified atom stereocenters. The summed E-state index contributed by atoms with van der Waals surface area (Å²) in [6, 6.07) is -0.804. The monoisotopic (exact) mass is 240 g/mol. The molecular formula is C10H16N4O3. The lowest BCUT2D eigenvalue weighted by Crippen LogP contribution is -2.37. The molecule has 0 spiro atoms. The van der Waals surface area contributed by atoms with Crippen molar-refractivity contribution in [2.75, 3.05) is 13.1 Å². The molecule has 7 nitrogen and oxygen atoms in total. The molecule has 1 aromatic heterocycles. The highest BCUT2D eigenvalue weighted by Gasteiger charge is 2.35. The summed E-state index contributed by atoms with van der Waals surface area (Å²) in [7, 11) is 1.74. The van der Waals surface area contributed by atoms with Crippen LogP contribution < -0.4 is 5.73 Å². The number of β-amino-alcohol motifs (C(OH)–C–C–N with tert-alkyl or cyclic N) is 2. The standard InChI is InChI=1S/C10H16N4O3/c1-13-3-6(2-12-13)9(11)10(17)14-4-7(15)8(16)5-14/h2-3,7-9,15-16H,4-5,11H2,1H3/t7-,8+,9?. The number of aliphatic hydroxyl groups excluding tert-OH is 2. The number of carbonyl (C=O) groups is 1. The van der Waals surface area contributed by atoms with Crippen LogP contribution in [0, 0.1) is 0 Å². The topological polar surface area (TPSA) is 105 Å². The molecule has 2 heterocycles. The summed E-state index contributed by atoms with van der Waals surface area (Å²) >= 11 is 0. The zero-order chi connectivity index (χ0) is 12.6. The van der Waals surface area contributed by atoms with Crippen molar-refractivity contribution < 1.29 is 15.0 Å². The molecule has 1 saturated heterocycles. The second-order valence-corrected chi connectivity index (χ2v) is 4.30. The van der Waals surface area contributed by atoms with E-state index in [4.69, 9.17) is 5.73 Å². The second-order valence-electron chi connectivity index (χ2n) is 4.30. The number of hydrogen-bond donors (Lipinski definition) is 3. The molecule has 7 heteroatoms. The van der Waals surface area contributed by atoms with Crippen LogP contribution in [0.1, 0.15) is 11.6 Å². The molecule has 17 heavy (non-hydrogen) atoms. The number of rotatable bonds is 2. The Morgan fingerprint density at radius 2 is 2.12 bits per heavy atom. The zero-order valence-electron chi connectivity index (χ0n) is 9.52. The minimum Gasteiger partial charge on any atom is -0.388 e. The van der Waals surface area contributed by atoms with E-state index in [2.05, 4.69) is 5.10 Å². The van der Waals surface area contributed by atoms with Gasteiger partial charge in [-0.15, -0.1) is 0 Å². The lowest BCUT2D eigenvalue weighted by molar-refractivity contribution is -0.132. The van der Waals surface area contributed by atoms with Gasteiger partial charge in [0.2, 0.25) is 5.91 Å². The van der Waals surface area contributed by atoms with Crippen molar-refractivity contribution in [3.8, 4) is 0 Å². The van der Waals surface area contributed by atoms with E-state index in [1.165, 1.54) is 11.1 Å². The SMILES string of the molecule is Cn1cc(C(N)C(=O)N2C[C@@H](O)[C@@H](O)C2)cn1. The Morgan fingerprint density at radius 1 is 1.53 bits per heavy atom. The van der Waals surface area contributed by atoms with Crippen LogP contribution in [0.15, 0.2) is 12.4 Å². The Kier molecular flexibility index (Phi) is 3.14. The summed E-state index contributed by atoms with van der Waals surface area (Å²) in [6.07, 6.45) is 1.43. The Morgan fingerprint density at radius 3 is 2.59 bits per heavy atom. The molecule has 0 aliphatic carbocycles. The number of aliphatic hydroxyl groups is 2. The normalized spacial score (nSPS) is 26.2. The minimum atomic E-state index is -0.889. The largest absolute Gasteiger partial charge is 0.388 e. The van der Waals surface area contributed by atoms with E-state index in [1.54, 1.807) is 17.9 Å². The van der Waals surface area contributed by atoms with Gasteiger partial charge in [-0.3, -0.25) is 9.48 Å². The molecule has 4 N–H and O–H groups in total. The van der Waals surface area contributed by atoms with Crippen molar-refractivity contribution in [3.63, 3.8) is 0 Å². The number of aromatic nitrogens is 2. The van der Waals surface area contributed by atoms with E-state index in [0.29, 0.717) is 5.56 Å². The molecule has 1 aromatic rings. The van der Waals surface area contributed by atoms with E-state index in [-0.39, 0.29) is 19.0 Å². The van der Waals surface area contributed by atoms with Gasteiger partial charge in [-0.25, -0.2) is 0 Å². The molecule has 1 fully saturated rings. The highest BCUT2D eigenvalue weighted by molar-refractivity contribution is 5.83. The summed E-state index contributed by atoms with van der Waals surface area (Å²) in [4.78, 5) is 13.4. The van der Waals surface area contributed by atoms with Crippen LogP contribution in [0.25, 0.3) is 0 Å². The fraction of sp³-hybridized carbons (Fsp3) is 0.600. The van der Waals surface area contributed by atoms with Gasteiger partial charge in [0.25, 0.3) is 0 Å². The molecular weight excluding hydrogens is 224 g/mol. The Balaban J connectivity index is 2.05. The molecule has 0 radical (unpaired) electrons. The molecule has 1 amide bonds. The van der Waals surface area contributed by atoms with Crippen molar-refractivity contribution >= 4 is 5.91 Å². The first-order valence-electron chi connectivity index (χ1n) is 5.38. The van der Waals surface area contributed by atoms with Crippen LogP contribution in [-0.4, -0.2) is 56.1 Å². The molecule has 0 aromatic carbocycles. The number of likely N-dealkylation sites (tertiary alicyclic amines) is 1. The van der Waals surface area contributed by atoms with Crippen LogP contribution in [0.3, 0.4) is 0 Å². The first kappa shape index (κ1) is 12.0. The van der Waals surface area contributed by atoms with Gasteiger partial charge in [-0.1, -0.05) is 0 Å². The van der Waals surface area contributed by atoms with Crippen LogP contribution >= 0.6 is 0 Å². The summed E-state index contributed by atoms with van der Waals surface area (Å²) in [5, 5.41) is 22.7. The van der Waals surface area contributed by atoms with Crippen molar-refractivity contribution in [1.82, 2.24) is 14.7 Å². The van der Waals surface area contributed by atoms with Gasteiger partial charge in [-0.05, 0) is 0 Å². The maximum absolute atomic E-state index is 12.0. The fourth-order valence-corrected chi connectivity index (χ4v) is 1.89. The van der Waals surface area contributed by atoms with Crippen LogP contribution in [0.4, 0.5) is 0 Å². The second kappa shape index (κ2) is 4.44. The van der Waals surface area contributed by atoms with Crippen LogP contribution in [0.5, 0.6) is 0 Å². The van der Waals surface area contributed by atoms with E-state index in [0.717, 1.165) is 0 Å². The third-order valence-corrected chi connectivity index (χ3v) is 2.92. The van der Waals surface area contributed by atoms with Gasteiger partial charge >= 0.3 is 0 Å². The van der Waals surface area contributed by atoms with Gasteiger partial charge in [0.05, 0.1) is 18.4 Å². The van der Waals surface area contributed by atoms with Crippen molar-refractivity contribution in [3.05, 3.63) is 18.0 Å². The average molecular weight is 240 g/mol. The fourth-order valence-electron chi connectivity index (χ4n) is 1.89. The van der Waals surface area contributed by atoms with Gasteiger partial charge < -0.3 is 20.8 Å². The van der Waals surface area contributed by atoms with Crippen LogP contribution in [0.2, 0.25) is 0 Å². The van der Waals surface area contributed by atoms with E-state index >= 15 is 0 Å². The van der Waals surface area contributed by atoms with E-state index < -0.39 is 18.2 Å². The predicted octanol–water partition coefficient (Wildman–Crippen LogP) is -2.02. The minimum absolute atomic E-state index is 0.119. The Hall–Kier alpha value is -1.44. The van der Waals surface area contributed by atoms with Gasteiger partial charge in [0, 0.05) is 31.9 Å². The molecule has 0 saturated carbocycles. The van der Waals surface area contributed by atoms with Crippen LogP contribution in [-0.2, 0) is 11.8 Å². The Bertz CT molecular complexity index is 409. The number of amides is 1. The lowest BCUT2D eigenvalue weighted by atomic mass is 10.1. The highest BCUT2D eigenvalue weighted by atomic mass is 16.3. The maximum Gasteiger partial charge on any atom is 0.244 e. The van der Waals surface area contributed by atoms with E-state index in [1.807, 2.05) is 0 Å². The number of nitrogens with zero attached hydrogens (tertiary/aromatic N) is 3. The van der Waals surface area contributed by atoms with E-state index in [9.17, 15) is 15.0 Å². The lowest BCUT2D eigenvalue weighted by Gasteiger charge is -2.19. The quantitative estimate of drug-likeness (QED) is 0.553. The third kappa shape index (κ3) is 2.31. The first-order valence-corrected chi connectivity index (χ1v) is 5.38. The number of aryl methyl sites for hydroxylation is 1. The molecule has 2 rings (SSSR count). The maximum atomic E-state index is 12.0. The van der Waals surface area contributed by atoms with Crippen molar-refractivity contribution in [2.24, 2.45) is 12.8 Å². The molecule has 94 valence electrons. The predicted molar refractivity (Wildman–Crippen MR) is 58.7 cm³/mol. The molecule has 1 aliphatic rings. The number of hydrogen-bond acceptors (Lipinski definition) is 5. The first-order chi connectivity index (χ1) is 7.99. The zero-order valence-corrected chi connectivity index (χ0v) is 9.52.